The van der Waals surface area contributed by atoms with E-state index in [9.17, 15) is 9.59 Å². The van der Waals surface area contributed by atoms with Gasteiger partial charge in [0.25, 0.3) is 0 Å². The molecule has 132 valence electrons. The van der Waals surface area contributed by atoms with E-state index >= 15 is 0 Å². The maximum absolute atomic E-state index is 12.5. The van der Waals surface area contributed by atoms with Crippen molar-refractivity contribution in [1.29, 1.82) is 0 Å². The van der Waals surface area contributed by atoms with Gasteiger partial charge in [-0.1, -0.05) is 0 Å². The molecule has 1 atom stereocenters. The minimum absolute atomic E-state index is 0.00815. The highest BCUT2D eigenvalue weighted by molar-refractivity contribution is 5.79. The summed E-state index contributed by atoms with van der Waals surface area (Å²) in [6.45, 7) is 5.85. The third-order valence-electron chi connectivity index (χ3n) is 4.33. The highest BCUT2D eigenvalue weighted by Gasteiger charge is 2.26. The van der Waals surface area contributed by atoms with Gasteiger partial charge in [0.15, 0.2) is 0 Å². The molecule has 0 unspecified atom stereocenters. The number of aryl methyl sites for hydroxylation is 2. The lowest BCUT2D eigenvalue weighted by atomic mass is 9.97. The number of pyridine rings is 1. The average Bonchev–Trinajstić information content (AvgIpc) is 2.52. The molecular weight excluding hydrogens is 308 g/mol. The molecule has 2 amide bonds. The van der Waals surface area contributed by atoms with E-state index in [0.717, 1.165) is 36.2 Å². The lowest BCUT2D eigenvalue weighted by Crippen LogP contribution is -2.45. The molecule has 1 aliphatic rings. The molecule has 7 heteroatoms. The second-order valence-corrected chi connectivity index (χ2v) is 6.33. The molecule has 0 aromatic carbocycles. The van der Waals surface area contributed by atoms with Crippen molar-refractivity contribution in [1.82, 2.24) is 15.2 Å². The zero-order valence-electron chi connectivity index (χ0n) is 14.6. The van der Waals surface area contributed by atoms with Crippen LogP contribution in [0.25, 0.3) is 0 Å². The number of ether oxygens (including phenoxy) is 1. The number of amides is 2. The number of hydrogen-bond donors (Lipinski definition) is 2. The summed E-state index contributed by atoms with van der Waals surface area (Å²) in [4.78, 5) is 29.8. The Balaban J connectivity index is 1.97. The number of nitrogens with one attached hydrogen (secondary N) is 1. The van der Waals surface area contributed by atoms with E-state index in [-0.39, 0.29) is 24.3 Å². The lowest BCUT2D eigenvalue weighted by molar-refractivity contribution is -0.128. The predicted molar refractivity (Wildman–Crippen MR) is 90.5 cm³/mol. The second kappa shape index (κ2) is 8.10. The topological polar surface area (TPSA) is 97.6 Å². The van der Waals surface area contributed by atoms with Crippen LogP contribution in [0.5, 0.6) is 5.88 Å². The Hall–Kier alpha value is -2.15. The smallest absolute Gasteiger partial charge is 0.231 e. The summed E-state index contributed by atoms with van der Waals surface area (Å²) in [6.07, 6.45) is 1.71. The number of primary amides is 1. The van der Waals surface area contributed by atoms with Crippen molar-refractivity contribution >= 4 is 11.8 Å². The third-order valence-corrected chi connectivity index (χ3v) is 4.33. The number of methoxy groups -OCH3 is 1. The summed E-state index contributed by atoms with van der Waals surface area (Å²) in [5.41, 5.74) is 8.05. The van der Waals surface area contributed by atoms with E-state index in [1.807, 2.05) is 24.8 Å². The maximum Gasteiger partial charge on any atom is 0.231 e. The highest BCUT2D eigenvalue weighted by atomic mass is 16.5. The second-order valence-electron chi connectivity index (χ2n) is 6.33. The van der Waals surface area contributed by atoms with Crippen molar-refractivity contribution in [2.45, 2.75) is 33.2 Å². The zero-order valence-corrected chi connectivity index (χ0v) is 14.6. The first-order chi connectivity index (χ1) is 11.4. The molecule has 0 spiro atoms. The van der Waals surface area contributed by atoms with Crippen molar-refractivity contribution in [2.24, 2.45) is 11.7 Å². The number of piperidine rings is 1. The van der Waals surface area contributed by atoms with Crippen LogP contribution < -0.4 is 15.8 Å². The molecule has 7 nitrogen and oxygen atoms in total. The Morgan fingerprint density at radius 1 is 1.46 bits per heavy atom. The molecular formula is C17H26N4O3. The van der Waals surface area contributed by atoms with Crippen molar-refractivity contribution in [3.8, 4) is 5.88 Å². The standard InChI is InChI=1S/C17H26N4O3/c1-11-7-12(2)20-17(24-3)14(11)8-19-16(23)13-5-4-6-21(9-13)10-15(18)22/h7,13H,4-6,8-10H2,1-3H3,(H2,18,22)(H,19,23)/t13-/m0/s1. The van der Waals surface area contributed by atoms with Gasteiger partial charge in [0, 0.05) is 24.3 Å². The molecule has 1 saturated heterocycles. The zero-order chi connectivity index (χ0) is 17.7. The van der Waals surface area contributed by atoms with E-state index in [1.165, 1.54) is 0 Å². The van der Waals surface area contributed by atoms with E-state index in [0.29, 0.717) is 19.0 Å². The number of carbonyl (C=O) groups is 2. The minimum Gasteiger partial charge on any atom is -0.481 e. The van der Waals surface area contributed by atoms with E-state index < -0.39 is 0 Å². The van der Waals surface area contributed by atoms with Gasteiger partial charge in [0.1, 0.15) is 0 Å². The van der Waals surface area contributed by atoms with Crippen molar-refractivity contribution in [3.63, 3.8) is 0 Å². The van der Waals surface area contributed by atoms with Crippen LogP contribution in [0.15, 0.2) is 6.07 Å². The first kappa shape index (κ1) is 18.2. The van der Waals surface area contributed by atoms with Crippen LogP contribution in [0.4, 0.5) is 0 Å². The first-order valence-corrected chi connectivity index (χ1v) is 8.20. The summed E-state index contributed by atoms with van der Waals surface area (Å²) in [5.74, 6) is 0.0583. The average molecular weight is 334 g/mol. The number of rotatable bonds is 6. The number of nitrogens with two attached hydrogens (primary N) is 1. The van der Waals surface area contributed by atoms with Crippen LogP contribution in [-0.2, 0) is 16.1 Å². The molecule has 1 aromatic rings. The van der Waals surface area contributed by atoms with Gasteiger partial charge in [-0.3, -0.25) is 14.5 Å². The Kier molecular flexibility index (Phi) is 6.14. The maximum atomic E-state index is 12.5. The predicted octanol–water partition coefficient (Wildman–Crippen LogP) is 0.521. The number of nitrogens with zero attached hydrogens (tertiary/aromatic N) is 2. The van der Waals surface area contributed by atoms with Gasteiger partial charge in [-0.25, -0.2) is 4.98 Å². The first-order valence-electron chi connectivity index (χ1n) is 8.20. The Morgan fingerprint density at radius 3 is 2.88 bits per heavy atom. The molecule has 1 aliphatic heterocycles. The Bertz CT molecular complexity index is 618. The SMILES string of the molecule is COc1nc(C)cc(C)c1CNC(=O)[C@H]1CCCN(CC(N)=O)C1. The monoisotopic (exact) mass is 334 g/mol. The molecule has 2 heterocycles. The summed E-state index contributed by atoms with van der Waals surface area (Å²) in [7, 11) is 1.58. The largest absolute Gasteiger partial charge is 0.481 e. The number of hydrogen-bond acceptors (Lipinski definition) is 5. The lowest BCUT2D eigenvalue weighted by Gasteiger charge is -2.31. The van der Waals surface area contributed by atoms with Gasteiger partial charge in [0.2, 0.25) is 17.7 Å². The third kappa shape index (κ3) is 4.67. The molecule has 0 saturated carbocycles. The van der Waals surface area contributed by atoms with Crippen LogP contribution in [0.3, 0.4) is 0 Å². The van der Waals surface area contributed by atoms with Crippen molar-refractivity contribution in [2.75, 3.05) is 26.7 Å². The Morgan fingerprint density at radius 2 is 2.21 bits per heavy atom. The molecule has 1 aromatic heterocycles. The Labute approximate surface area is 142 Å². The van der Waals surface area contributed by atoms with Gasteiger partial charge in [-0.2, -0.15) is 0 Å². The summed E-state index contributed by atoms with van der Waals surface area (Å²) in [5, 5.41) is 2.98. The fourth-order valence-electron chi connectivity index (χ4n) is 3.17. The molecule has 0 aliphatic carbocycles. The summed E-state index contributed by atoms with van der Waals surface area (Å²) in [6, 6.07) is 1.97. The van der Waals surface area contributed by atoms with Crippen molar-refractivity contribution in [3.05, 3.63) is 22.9 Å². The normalized spacial score (nSPS) is 18.2. The minimum atomic E-state index is -0.359. The number of likely N-dealkylation sites (tertiary alicyclic amines) is 1. The molecule has 24 heavy (non-hydrogen) atoms. The molecule has 0 bridgehead atoms. The van der Waals surface area contributed by atoms with Crippen LogP contribution in [0, 0.1) is 19.8 Å². The summed E-state index contributed by atoms with van der Waals surface area (Å²) >= 11 is 0. The molecule has 1 fully saturated rings. The molecule has 2 rings (SSSR count). The van der Waals surface area contributed by atoms with Crippen LogP contribution in [0.1, 0.15) is 29.7 Å². The van der Waals surface area contributed by atoms with Gasteiger partial charge in [-0.05, 0) is 44.9 Å². The van der Waals surface area contributed by atoms with Crippen LogP contribution in [0.2, 0.25) is 0 Å². The van der Waals surface area contributed by atoms with Crippen molar-refractivity contribution < 1.29 is 14.3 Å². The number of carbonyl (C=O) groups excluding carboxylic acids is 2. The fraction of sp³-hybridized carbons (Fsp3) is 0.588. The quantitative estimate of drug-likeness (QED) is 0.790. The fourth-order valence-corrected chi connectivity index (χ4v) is 3.17. The van der Waals surface area contributed by atoms with Gasteiger partial charge >= 0.3 is 0 Å². The molecule has 3 N–H and O–H groups in total. The van der Waals surface area contributed by atoms with E-state index in [2.05, 4.69) is 10.3 Å². The molecule has 0 radical (unpaired) electrons. The number of aromatic nitrogens is 1. The van der Waals surface area contributed by atoms with Gasteiger partial charge < -0.3 is 15.8 Å². The van der Waals surface area contributed by atoms with E-state index in [1.54, 1.807) is 7.11 Å². The van der Waals surface area contributed by atoms with Crippen LogP contribution >= 0.6 is 0 Å². The van der Waals surface area contributed by atoms with Crippen LogP contribution in [-0.4, -0.2) is 48.4 Å². The summed E-state index contributed by atoms with van der Waals surface area (Å²) < 4.78 is 5.32. The van der Waals surface area contributed by atoms with Gasteiger partial charge in [0.05, 0.1) is 19.6 Å². The van der Waals surface area contributed by atoms with Gasteiger partial charge in [-0.15, -0.1) is 0 Å². The van der Waals surface area contributed by atoms with E-state index in [4.69, 9.17) is 10.5 Å². The highest BCUT2D eigenvalue weighted by Crippen LogP contribution is 2.21.